The number of aromatic nitrogens is 2. The molecule has 102 valence electrons. The zero-order valence-corrected chi connectivity index (χ0v) is 11.9. The molecular formula is C12H13ClN2O3S. The van der Waals surface area contributed by atoms with Gasteiger partial charge in [0.05, 0.1) is 6.61 Å². The zero-order valence-electron chi connectivity index (χ0n) is 10.3. The van der Waals surface area contributed by atoms with E-state index in [-0.39, 0.29) is 6.61 Å². The number of benzene rings is 1. The number of thioether (sulfide) groups is 1. The van der Waals surface area contributed by atoms with Crippen molar-refractivity contribution in [1.29, 1.82) is 0 Å². The summed E-state index contributed by atoms with van der Waals surface area (Å²) in [6.45, 7) is 0.878. The van der Waals surface area contributed by atoms with Crippen LogP contribution < -0.4 is 4.74 Å². The minimum absolute atomic E-state index is 0.236. The average Bonchev–Trinajstić information content (AvgIpc) is 2.86. The van der Waals surface area contributed by atoms with Crippen LogP contribution in [0.5, 0.6) is 5.75 Å². The summed E-state index contributed by atoms with van der Waals surface area (Å²) in [7, 11) is 1.65. The molecule has 0 spiro atoms. The second-order valence-corrected chi connectivity index (χ2v) is 5.03. The van der Waals surface area contributed by atoms with Crippen LogP contribution in [-0.2, 0) is 11.3 Å². The molecule has 0 aliphatic rings. The maximum absolute atomic E-state index is 5.78. The van der Waals surface area contributed by atoms with Crippen LogP contribution in [0.15, 0.2) is 33.9 Å². The molecule has 0 aliphatic heterocycles. The molecule has 0 saturated heterocycles. The number of hydrogen-bond donors (Lipinski definition) is 0. The third-order valence-corrected chi connectivity index (χ3v) is 3.17. The van der Waals surface area contributed by atoms with Crippen molar-refractivity contribution in [1.82, 2.24) is 10.2 Å². The van der Waals surface area contributed by atoms with E-state index >= 15 is 0 Å². The van der Waals surface area contributed by atoms with Gasteiger partial charge in [-0.25, -0.2) is 0 Å². The van der Waals surface area contributed by atoms with Gasteiger partial charge in [0.15, 0.2) is 6.61 Å². The summed E-state index contributed by atoms with van der Waals surface area (Å²) in [4.78, 5) is 0. The lowest BCUT2D eigenvalue weighted by molar-refractivity contribution is 0.218. The second kappa shape index (κ2) is 7.37. The Morgan fingerprint density at radius 3 is 2.79 bits per heavy atom. The molecule has 2 rings (SSSR count). The molecule has 7 heteroatoms. The van der Waals surface area contributed by atoms with E-state index in [9.17, 15) is 0 Å². The summed E-state index contributed by atoms with van der Waals surface area (Å²) in [6.07, 6.45) is 0. The quantitative estimate of drug-likeness (QED) is 0.578. The summed E-state index contributed by atoms with van der Waals surface area (Å²) in [5.41, 5.74) is 0. The van der Waals surface area contributed by atoms with Crippen LogP contribution in [0.1, 0.15) is 5.89 Å². The smallest absolute Gasteiger partial charge is 0.276 e. The molecule has 0 aliphatic carbocycles. The van der Waals surface area contributed by atoms with Gasteiger partial charge in [0, 0.05) is 17.9 Å². The molecule has 1 heterocycles. The number of hydrogen-bond acceptors (Lipinski definition) is 6. The van der Waals surface area contributed by atoms with Crippen molar-refractivity contribution >= 4 is 23.4 Å². The predicted molar refractivity (Wildman–Crippen MR) is 72.7 cm³/mol. The first-order chi connectivity index (χ1) is 9.28. The first-order valence-electron chi connectivity index (χ1n) is 5.60. The highest BCUT2D eigenvalue weighted by Gasteiger charge is 2.07. The van der Waals surface area contributed by atoms with Crippen molar-refractivity contribution < 1.29 is 13.9 Å². The third-order valence-electron chi connectivity index (χ3n) is 2.14. The maximum atomic E-state index is 5.78. The lowest BCUT2D eigenvalue weighted by Crippen LogP contribution is -1.95. The van der Waals surface area contributed by atoms with Crippen molar-refractivity contribution in [2.24, 2.45) is 0 Å². The van der Waals surface area contributed by atoms with Crippen LogP contribution in [0, 0.1) is 0 Å². The maximum Gasteiger partial charge on any atom is 0.276 e. The first kappa shape index (κ1) is 14.2. The van der Waals surface area contributed by atoms with E-state index in [0.29, 0.717) is 28.5 Å². The molecular weight excluding hydrogens is 288 g/mol. The van der Waals surface area contributed by atoms with E-state index in [4.69, 9.17) is 25.5 Å². The molecule has 1 aromatic carbocycles. The Hall–Kier alpha value is -1.24. The van der Waals surface area contributed by atoms with Crippen molar-refractivity contribution in [3.05, 3.63) is 35.2 Å². The second-order valence-electron chi connectivity index (χ2n) is 3.55. The van der Waals surface area contributed by atoms with Gasteiger partial charge in [-0.1, -0.05) is 23.4 Å². The highest BCUT2D eigenvalue weighted by atomic mass is 35.5. The van der Waals surface area contributed by atoms with E-state index in [1.165, 1.54) is 11.8 Å². The summed E-state index contributed by atoms with van der Waals surface area (Å²) in [5, 5.41) is 8.99. The lowest BCUT2D eigenvalue weighted by atomic mass is 10.3. The highest BCUT2D eigenvalue weighted by Crippen LogP contribution is 2.18. The summed E-state index contributed by atoms with van der Waals surface area (Å²) >= 11 is 7.23. The summed E-state index contributed by atoms with van der Waals surface area (Å²) in [6, 6.07) is 7.09. The van der Waals surface area contributed by atoms with Crippen LogP contribution in [-0.4, -0.2) is 29.7 Å². The van der Waals surface area contributed by atoms with Gasteiger partial charge in [0.2, 0.25) is 0 Å². The van der Waals surface area contributed by atoms with E-state index in [1.807, 2.05) is 0 Å². The largest absolute Gasteiger partial charge is 0.484 e. The lowest BCUT2D eigenvalue weighted by Gasteiger charge is -2.02. The van der Waals surface area contributed by atoms with Crippen LogP contribution in [0.25, 0.3) is 0 Å². The minimum Gasteiger partial charge on any atom is -0.484 e. The van der Waals surface area contributed by atoms with Crippen molar-refractivity contribution in [2.45, 2.75) is 11.8 Å². The fourth-order valence-electron chi connectivity index (χ4n) is 1.24. The topological polar surface area (TPSA) is 57.4 Å². The molecule has 0 radical (unpaired) electrons. The van der Waals surface area contributed by atoms with Gasteiger partial charge in [-0.2, -0.15) is 0 Å². The van der Waals surface area contributed by atoms with E-state index in [0.717, 1.165) is 5.75 Å². The van der Waals surface area contributed by atoms with Gasteiger partial charge in [-0.05, 0) is 24.3 Å². The fraction of sp³-hybridized carbons (Fsp3) is 0.333. The van der Waals surface area contributed by atoms with Crippen LogP contribution in [0.2, 0.25) is 5.02 Å². The van der Waals surface area contributed by atoms with Crippen LogP contribution >= 0.6 is 23.4 Å². The molecule has 0 unspecified atom stereocenters. The minimum atomic E-state index is 0.236. The first-order valence-corrected chi connectivity index (χ1v) is 6.97. The van der Waals surface area contributed by atoms with E-state index in [1.54, 1.807) is 31.4 Å². The SMILES string of the molecule is COCCSc1nnc(COc2ccc(Cl)cc2)o1. The molecule has 0 amide bonds. The number of halogens is 1. The van der Waals surface area contributed by atoms with E-state index < -0.39 is 0 Å². The molecule has 0 fully saturated rings. The Labute approximate surface area is 120 Å². The fourth-order valence-corrected chi connectivity index (χ4v) is 2.05. The van der Waals surface area contributed by atoms with Gasteiger partial charge in [-0.15, -0.1) is 10.2 Å². The van der Waals surface area contributed by atoms with Gasteiger partial charge < -0.3 is 13.9 Å². The number of nitrogens with zero attached hydrogens (tertiary/aromatic N) is 2. The molecule has 5 nitrogen and oxygen atoms in total. The monoisotopic (exact) mass is 300 g/mol. The number of methoxy groups -OCH3 is 1. The van der Waals surface area contributed by atoms with Crippen LogP contribution in [0.3, 0.4) is 0 Å². The van der Waals surface area contributed by atoms with Crippen molar-refractivity contribution in [3.63, 3.8) is 0 Å². The number of rotatable bonds is 7. The molecule has 0 saturated carbocycles. The Kier molecular flexibility index (Phi) is 5.50. The Bertz CT molecular complexity index is 504. The Morgan fingerprint density at radius 2 is 2.05 bits per heavy atom. The zero-order chi connectivity index (χ0) is 13.5. The normalized spacial score (nSPS) is 10.6. The molecule has 0 bridgehead atoms. The van der Waals surface area contributed by atoms with Gasteiger partial charge >= 0.3 is 0 Å². The standard InChI is InChI=1S/C12H13ClN2O3S/c1-16-6-7-19-12-15-14-11(18-12)8-17-10-4-2-9(13)3-5-10/h2-5H,6-8H2,1H3. The van der Waals surface area contributed by atoms with Gasteiger partial charge in [-0.3, -0.25) is 0 Å². The highest BCUT2D eigenvalue weighted by molar-refractivity contribution is 7.99. The molecule has 0 atom stereocenters. The summed E-state index contributed by atoms with van der Waals surface area (Å²) in [5.74, 6) is 1.92. The third kappa shape index (κ3) is 4.74. The van der Waals surface area contributed by atoms with E-state index in [2.05, 4.69) is 10.2 Å². The molecule has 2 aromatic rings. The van der Waals surface area contributed by atoms with Gasteiger partial charge in [0.1, 0.15) is 5.75 Å². The molecule has 1 aromatic heterocycles. The molecule has 19 heavy (non-hydrogen) atoms. The van der Waals surface area contributed by atoms with Gasteiger partial charge in [0.25, 0.3) is 11.1 Å². The number of ether oxygens (including phenoxy) is 2. The molecule has 0 N–H and O–H groups in total. The van der Waals surface area contributed by atoms with Crippen molar-refractivity contribution in [2.75, 3.05) is 19.5 Å². The summed E-state index contributed by atoms with van der Waals surface area (Å²) < 4.78 is 15.8. The van der Waals surface area contributed by atoms with Crippen molar-refractivity contribution in [3.8, 4) is 5.75 Å². The predicted octanol–water partition coefficient (Wildman–Crippen LogP) is 3.04. The Balaban J connectivity index is 1.81. The van der Waals surface area contributed by atoms with Crippen LogP contribution in [0.4, 0.5) is 0 Å². The Morgan fingerprint density at radius 1 is 1.26 bits per heavy atom. The average molecular weight is 301 g/mol.